The zero-order valence-electron chi connectivity index (χ0n) is 12.9. The van der Waals surface area contributed by atoms with Crippen molar-refractivity contribution in [3.05, 3.63) is 0 Å². The molecule has 0 amide bonds. The smallest absolute Gasteiger partial charge is 0.146 e. The highest BCUT2D eigenvalue weighted by molar-refractivity contribution is 6.35. The summed E-state index contributed by atoms with van der Waals surface area (Å²) >= 11 is 0.297. The molecule has 0 saturated heterocycles. The molecule has 0 fully saturated rings. The van der Waals surface area contributed by atoms with Crippen molar-refractivity contribution >= 4 is 20.4 Å². The van der Waals surface area contributed by atoms with Crippen molar-refractivity contribution in [3.8, 4) is 0 Å². The first-order valence-corrected chi connectivity index (χ1v) is 10.2. The van der Waals surface area contributed by atoms with E-state index in [0.717, 1.165) is 11.8 Å². The Morgan fingerprint density at radius 1 is 0.706 bits per heavy atom. The van der Waals surface area contributed by atoms with E-state index in [4.69, 9.17) is 0 Å². The van der Waals surface area contributed by atoms with Gasteiger partial charge >= 0.3 is 20.4 Å². The molecule has 0 heterocycles. The lowest BCUT2D eigenvalue weighted by atomic mass is 10.0. The second kappa shape index (κ2) is 13.2. The van der Waals surface area contributed by atoms with Crippen LogP contribution in [0.15, 0.2) is 0 Å². The molecule has 0 bridgehead atoms. The molecule has 0 N–H and O–H groups in total. The van der Waals surface area contributed by atoms with Crippen LogP contribution in [0.5, 0.6) is 0 Å². The van der Waals surface area contributed by atoms with Crippen molar-refractivity contribution in [3.63, 3.8) is 0 Å². The fourth-order valence-electron chi connectivity index (χ4n) is 2.79. The van der Waals surface area contributed by atoms with Gasteiger partial charge in [0, 0.05) is 0 Å². The van der Waals surface area contributed by atoms with Gasteiger partial charge < -0.3 is 0 Å². The minimum Gasteiger partial charge on any atom is -0.146 e. The molecular formula is C16H34Mg. The third-order valence-corrected chi connectivity index (χ3v) is 5.96. The Kier molecular flexibility index (Phi) is 13.8. The first kappa shape index (κ1) is 17.8. The average Bonchev–Trinajstić information content (AvgIpc) is 2.28. The molecule has 1 heteroatoms. The van der Waals surface area contributed by atoms with E-state index in [1.807, 2.05) is 0 Å². The minimum atomic E-state index is 0.297. The summed E-state index contributed by atoms with van der Waals surface area (Å²) in [7, 11) is 0. The molecule has 0 radical (unpaired) electrons. The van der Waals surface area contributed by atoms with Gasteiger partial charge in [-0.3, -0.25) is 0 Å². The van der Waals surface area contributed by atoms with Crippen molar-refractivity contribution in [2.75, 3.05) is 0 Å². The van der Waals surface area contributed by atoms with E-state index in [1.165, 1.54) is 51.4 Å². The highest BCUT2D eigenvalue weighted by Crippen LogP contribution is 2.16. The van der Waals surface area contributed by atoms with Crippen LogP contribution >= 0.6 is 0 Å². The summed E-state index contributed by atoms with van der Waals surface area (Å²) in [5.41, 5.74) is 0. The third kappa shape index (κ3) is 13.0. The molecule has 2 atom stereocenters. The van der Waals surface area contributed by atoms with Crippen LogP contribution in [-0.2, 0) is 0 Å². The van der Waals surface area contributed by atoms with Gasteiger partial charge in [0.15, 0.2) is 0 Å². The molecule has 0 aromatic heterocycles. The molecule has 0 aliphatic rings. The lowest BCUT2D eigenvalue weighted by molar-refractivity contribution is 0.476. The quantitative estimate of drug-likeness (QED) is 0.296. The van der Waals surface area contributed by atoms with Gasteiger partial charge in [-0.1, -0.05) is 79.1 Å². The van der Waals surface area contributed by atoms with Gasteiger partial charge in [0.25, 0.3) is 0 Å². The first-order chi connectivity index (χ1) is 8.20. The Morgan fingerprint density at radius 2 is 1.12 bits per heavy atom. The molecular weight excluding hydrogens is 216 g/mol. The van der Waals surface area contributed by atoms with Gasteiger partial charge in [-0.05, 0) is 11.8 Å². The highest BCUT2D eigenvalue weighted by Gasteiger charge is 2.03. The summed E-state index contributed by atoms with van der Waals surface area (Å²) in [6.45, 7) is 9.47. The minimum absolute atomic E-state index is 0.297. The summed E-state index contributed by atoms with van der Waals surface area (Å²) in [6, 6.07) is 0. The lowest BCUT2D eigenvalue weighted by Gasteiger charge is -2.10. The Labute approximate surface area is 120 Å². The third-order valence-electron chi connectivity index (χ3n) is 3.96. The molecule has 0 aliphatic carbocycles. The molecule has 0 aliphatic heterocycles. The predicted octanol–water partition coefficient (Wildman–Crippen LogP) is 5.96. The van der Waals surface area contributed by atoms with Crippen molar-refractivity contribution < 1.29 is 0 Å². The van der Waals surface area contributed by atoms with E-state index >= 15 is 0 Å². The average molecular weight is 251 g/mol. The van der Waals surface area contributed by atoms with Crippen LogP contribution in [0, 0.1) is 11.8 Å². The Bertz CT molecular complexity index is 128. The van der Waals surface area contributed by atoms with Crippen LogP contribution in [0.3, 0.4) is 0 Å². The monoisotopic (exact) mass is 250 g/mol. The molecule has 0 aromatic rings. The van der Waals surface area contributed by atoms with Crippen molar-refractivity contribution in [1.82, 2.24) is 0 Å². The Hall–Kier alpha value is 0.766. The number of hydrogen-bond donors (Lipinski definition) is 0. The van der Waals surface area contributed by atoms with Crippen LogP contribution in [-0.4, -0.2) is 20.4 Å². The SMILES string of the molecule is CCCC(C)CC[CH2][Mg][CH2]CCC(C)CCC. The molecule has 0 aromatic carbocycles. The second-order valence-corrected chi connectivity index (χ2v) is 8.25. The maximum Gasteiger partial charge on any atom is 0.364 e. The maximum absolute atomic E-state index is 2.43. The van der Waals surface area contributed by atoms with Gasteiger partial charge in [-0.15, -0.1) is 9.10 Å². The van der Waals surface area contributed by atoms with Crippen LogP contribution in [0.2, 0.25) is 9.10 Å². The van der Waals surface area contributed by atoms with Crippen molar-refractivity contribution in [1.29, 1.82) is 0 Å². The summed E-state index contributed by atoms with van der Waals surface area (Å²) in [5, 5.41) is 0. The zero-order valence-corrected chi connectivity index (χ0v) is 14.3. The molecule has 0 saturated carbocycles. The van der Waals surface area contributed by atoms with Crippen LogP contribution < -0.4 is 0 Å². The van der Waals surface area contributed by atoms with Crippen molar-refractivity contribution in [2.45, 2.75) is 88.2 Å². The van der Waals surface area contributed by atoms with Gasteiger partial charge in [0.2, 0.25) is 0 Å². The summed E-state index contributed by atoms with van der Waals surface area (Å²) < 4.78 is 3.21. The van der Waals surface area contributed by atoms with E-state index in [0.29, 0.717) is 20.4 Å². The maximum atomic E-state index is 2.43. The van der Waals surface area contributed by atoms with Crippen LogP contribution in [0.25, 0.3) is 0 Å². The van der Waals surface area contributed by atoms with Gasteiger partial charge in [0.05, 0.1) is 0 Å². The number of hydrogen-bond acceptors (Lipinski definition) is 0. The van der Waals surface area contributed by atoms with E-state index in [9.17, 15) is 0 Å². The molecule has 0 spiro atoms. The topological polar surface area (TPSA) is 0 Å². The fraction of sp³-hybridized carbons (Fsp3) is 1.00. The number of rotatable bonds is 12. The van der Waals surface area contributed by atoms with E-state index < -0.39 is 0 Å². The van der Waals surface area contributed by atoms with E-state index in [1.54, 1.807) is 9.10 Å². The summed E-state index contributed by atoms with van der Waals surface area (Å²) in [4.78, 5) is 0. The van der Waals surface area contributed by atoms with Crippen LogP contribution in [0.4, 0.5) is 0 Å². The molecule has 0 nitrogen and oxygen atoms in total. The summed E-state index contributed by atoms with van der Waals surface area (Å²) in [5.74, 6) is 1.97. The van der Waals surface area contributed by atoms with Crippen molar-refractivity contribution in [2.24, 2.45) is 11.8 Å². The first-order valence-electron chi connectivity index (χ1n) is 8.20. The van der Waals surface area contributed by atoms with Gasteiger partial charge in [-0.2, -0.15) is 0 Å². The predicted molar refractivity (Wildman–Crippen MR) is 82.0 cm³/mol. The fourth-order valence-corrected chi connectivity index (χ4v) is 4.43. The van der Waals surface area contributed by atoms with Gasteiger partial charge in [0.1, 0.15) is 0 Å². The standard InChI is InChI=1S/2C8H17.Mg/c2*1-4-6-8(3)7-5-2;/h2*8H,1,4-7H2,2-3H3;. The second-order valence-electron chi connectivity index (χ2n) is 6.13. The molecule has 2 unspecified atom stereocenters. The molecule has 17 heavy (non-hydrogen) atoms. The zero-order chi connectivity index (χ0) is 12.9. The highest BCUT2D eigenvalue weighted by atomic mass is 24.5. The van der Waals surface area contributed by atoms with Gasteiger partial charge in [-0.25, -0.2) is 0 Å². The van der Waals surface area contributed by atoms with Crippen LogP contribution in [0.1, 0.15) is 79.1 Å². The molecule has 100 valence electrons. The Morgan fingerprint density at radius 3 is 1.47 bits per heavy atom. The largest absolute Gasteiger partial charge is 0.364 e. The van der Waals surface area contributed by atoms with E-state index in [2.05, 4.69) is 27.7 Å². The Balaban J connectivity index is 3.13. The summed E-state index contributed by atoms with van der Waals surface area (Å²) in [6.07, 6.45) is 11.7. The molecule has 0 rings (SSSR count). The van der Waals surface area contributed by atoms with E-state index in [-0.39, 0.29) is 0 Å². The normalized spacial score (nSPS) is 14.4. The lowest BCUT2D eigenvalue weighted by Crippen LogP contribution is -1.98.